The van der Waals surface area contributed by atoms with Gasteiger partial charge in [0.1, 0.15) is 11.4 Å². The quantitative estimate of drug-likeness (QED) is 0.904. The molecule has 2 aromatic rings. The molecule has 3 heterocycles. The van der Waals surface area contributed by atoms with Gasteiger partial charge in [-0.2, -0.15) is 0 Å². The van der Waals surface area contributed by atoms with E-state index in [4.69, 9.17) is 0 Å². The summed E-state index contributed by atoms with van der Waals surface area (Å²) in [7, 11) is 1.92. The number of benzene rings is 1. The molecule has 1 N–H and O–H groups in total. The monoisotopic (exact) mass is 367 g/mol. The fraction of sp³-hybridized carbons (Fsp3) is 0.500. The van der Waals surface area contributed by atoms with E-state index >= 15 is 0 Å². The molecule has 1 aromatic carbocycles. The topological polar surface area (TPSA) is 48.7 Å². The zero-order valence-corrected chi connectivity index (χ0v) is 16.4. The van der Waals surface area contributed by atoms with Crippen molar-refractivity contribution in [3.63, 3.8) is 0 Å². The summed E-state index contributed by atoms with van der Waals surface area (Å²) < 4.78 is 1.90. The lowest BCUT2D eigenvalue weighted by atomic mass is 9.62. The largest absolute Gasteiger partial charge is 0.508 e. The average Bonchev–Trinajstić information content (AvgIpc) is 3.07. The molecule has 1 spiro atoms. The molecule has 5 heteroatoms. The number of amides is 1. The molecule has 0 bridgehead atoms. The summed E-state index contributed by atoms with van der Waals surface area (Å²) in [5.41, 5.74) is 2.26. The number of phenols is 1. The lowest BCUT2D eigenvalue weighted by molar-refractivity contribution is -0.124. The highest BCUT2D eigenvalue weighted by atomic mass is 16.3. The Labute approximate surface area is 161 Å². The average molecular weight is 367 g/mol. The lowest BCUT2D eigenvalue weighted by Gasteiger charge is -2.62. The number of aryl methyl sites for hydroxylation is 1. The summed E-state index contributed by atoms with van der Waals surface area (Å²) in [5, 5.41) is 9.66. The van der Waals surface area contributed by atoms with Gasteiger partial charge in [0.05, 0.1) is 0 Å². The maximum Gasteiger partial charge on any atom is 0.270 e. The third kappa shape index (κ3) is 3.04. The van der Waals surface area contributed by atoms with E-state index in [2.05, 4.69) is 30.9 Å². The number of aromatic hydroxyl groups is 1. The van der Waals surface area contributed by atoms with Crippen molar-refractivity contribution < 1.29 is 9.90 Å². The number of likely N-dealkylation sites (tertiary alicyclic amines) is 2. The highest BCUT2D eigenvalue weighted by molar-refractivity contribution is 5.92. The molecule has 1 amide bonds. The zero-order chi connectivity index (χ0) is 19.2. The molecule has 2 aliphatic heterocycles. The van der Waals surface area contributed by atoms with Gasteiger partial charge in [0.15, 0.2) is 0 Å². The van der Waals surface area contributed by atoms with Gasteiger partial charge in [-0.25, -0.2) is 0 Å². The Balaban J connectivity index is 1.51. The maximum absolute atomic E-state index is 12.8. The number of rotatable bonds is 3. The number of aromatic nitrogens is 1. The summed E-state index contributed by atoms with van der Waals surface area (Å²) >= 11 is 0. The first-order valence-electron chi connectivity index (χ1n) is 9.86. The normalized spacial score (nSPS) is 22.2. The standard InChI is InChI=1S/C22H29N3O2/c1-16(2)25-15-22(20(25)17-6-8-18(26)9-7-17)10-13-24(14-11-22)21(27)19-5-4-12-23(19)3/h4-9,12,16,20,26H,10-11,13-15H2,1-3H3. The molecule has 4 rings (SSSR count). The molecule has 5 nitrogen and oxygen atoms in total. The van der Waals surface area contributed by atoms with Crippen LogP contribution in [0.25, 0.3) is 0 Å². The van der Waals surface area contributed by atoms with E-state index in [9.17, 15) is 9.90 Å². The minimum atomic E-state index is 0.138. The maximum atomic E-state index is 12.8. The van der Waals surface area contributed by atoms with E-state index in [-0.39, 0.29) is 11.3 Å². The molecule has 0 saturated carbocycles. The summed E-state index contributed by atoms with van der Waals surface area (Å²) in [4.78, 5) is 17.4. The fourth-order valence-electron chi connectivity index (χ4n) is 4.90. The highest BCUT2D eigenvalue weighted by Gasteiger charge is 2.54. The summed E-state index contributed by atoms with van der Waals surface area (Å²) in [6.45, 7) is 7.19. The first-order chi connectivity index (χ1) is 12.9. The third-order valence-corrected chi connectivity index (χ3v) is 6.49. The molecule has 27 heavy (non-hydrogen) atoms. The number of piperidine rings is 1. The van der Waals surface area contributed by atoms with Crippen molar-refractivity contribution in [2.45, 2.75) is 38.8 Å². The molecule has 1 atom stereocenters. The molecule has 1 aromatic heterocycles. The van der Waals surface area contributed by atoms with Gasteiger partial charge in [0.25, 0.3) is 5.91 Å². The first-order valence-corrected chi connectivity index (χ1v) is 9.86. The number of phenolic OH excluding ortho intramolecular Hbond substituents is 1. The van der Waals surface area contributed by atoms with Crippen molar-refractivity contribution in [3.05, 3.63) is 53.9 Å². The first kappa shape index (κ1) is 18.1. The van der Waals surface area contributed by atoms with Gasteiger partial charge < -0.3 is 14.6 Å². The minimum Gasteiger partial charge on any atom is -0.508 e. The van der Waals surface area contributed by atoms with Crippen molar-refractivity contribution in [2.75, 3.05) is 19.6 Å². The summed E-state index contributed by atoms with van der Waals surface area (Å²) in [6.07, 6.45) is 3.97. The Hall–Kier alpha value is -2.27. The van der Waals surface area contributed by atoms with Gasteiger partial charge in [-0.15, -0.1) is 0 Å². The minimum absolute atomic E-state index is 0.138. The second-order valence-electron chi connectivity index (χ2n) is 8.42. The van der Waals surface area contributed by atoms with Crippen LogP contribution in [0.15, 0.2) is 42.6 Å². The molecule has 0 aliphatic carbocycles. The number of carbonyl (C=O) groups is 1. The van der Waals surface area contributed by atoms with Gasteiger partial charge in [0.2, 0.25) is 0 Å². The Morgan fingerprint density at radius 1 is 1.15 bits per heavy atom. The van der Waals surface area contributed by atoms with Crippen LogP contribution in [-0.4, -0.2) is 51.1 Å². The van der Waals surface area contributed by atoms with Crippen LogP contribution in [0.4, 0.5) is 0 Å². The highest BCUT2D eigenvalue weighted by Crippen LogP contribution is 2.55. The predicted octanol–water partition coefficient (Wildman–Crippen LogP) is 3.42. The predicted molar refractivity (Wildman–Crippen MR) is 106 cm³/mol. The van der Waals surface area contributed by atoms with Crippen molar-refractivity contribution in [2.24, 2.45) is 12.5 Å². The van der Waals surface area contributed by atoms with Gasteiger partial charge in [-0.05, 0) is 56.5 Å². The van der Waals surface area contributed by atoms with Crippen LogP contribution in [0.5, 0.6) is 5.75 Å². The second-order valence-corrected chi connectivity index (χ2v) is 8.42. The van der Waals surface area contributed by atoms with Crippen LogP contribution < -0.4 is 0 Å². The van der Waals surface area contributed by atoms with Gasteiger partial charge in [-0.1, -0.05) is 12.1 Å². The van der Waals surface area contributed by atoms with Crippen molar-refractivity contribution in [1.82, 2.24) is 14.4 Å². The number of hydrogen-bond acceptors (Lipinski definition) is 3. The van der Waals surface area contributed by atoms with Crippen LogP contribution in [0.3, 0.4) is 0 Å². The van der Waals surface area contributed by atoms with E-state index in [1.54, 1.807) is 12.1 Å². The smallest absolute Gasteiger partial charge is 0.270 e. The van der Waals surface area contributed by atoms with Crippen LogP contribution >= 0.6 is 0 Å². The Bertz CT molecular complexity index is 816. The Morgan fingerprint density at radius 2 is 1.81 bits per heavy atom. The lowest BCUT2D eigenvalue weighted by Crippen LogP contribution is -2.64. The van der Waals surface area contributed by atoms with Gasteiger partial charge in [0, 0.05) is 50.4 Å². The number of hydrogen-bond donors (Lipinski definition) is 1. The second kappa shape index (κ2) is 6.71. The Morgan fingerprint density at radius 3 is 2.37 bits per heavy atom. The summed E-state index contributed by atoms with van der Waals surface area (Å²) in [5.74, 6) is 0.449. The molecule has 2 fully saturated rings. The molecule has 2 saturated heterocycles. The number of carbonyl (C=O) groups excluding carboxylic acids is 1. The van der Waals surface area contributed by atoms with Crippen LogP contribution in [-0.2, 0) is 7.05 Å². The van der Waals surface area contributed by atoms with Crippen molar-refractivity contribution in [1.29, 1.82) is 0 Å². The van der Waals surface area contributed by atoms with Crippen LogP contribution in [0.2, 0.25) is 0 Å². The van der Waals surface area contributed by atoms with Crippen LogP contribution in [0, 0.1) is 5.41 Å². The van der Waals surface area contributed by atoms with Crippen molar-refractivity contribution >= 4 is 5.91 Å². The SMILES string of the molecule is CC(C)N1CC2(CCN(C(=O)c3cccn3C)CC2)C1c1ccc(O)cc1. The molecular formula is C22H29N3O2. The van der Waals surface area contributed by atoms with Gasteiger partial charge >= 0.3 is 0 Å². The summed E-state index contributed by atoms with van der Waals surface area (Å²) in [6, 6.07) is 12.3. The number of nitrogens with zero attached hydrogens (tertiary/aromatic N) is 3. The van der Waals surface area contributed by atoms with Gasteiger partial charge in [-0.3, -0.25) is 9.69 Å². The third-order valence-electron chi connectivity index (χ3n) is 6.49. The van der Waals surface area contributed by atoms with Crippen LogP contribution in [0.1, 0.15) is 48.8 Å². The Kier molecular flexibility index (Phi) is 4.50. The molecule has 144 valence electrons. The van der Waals surface area contributed by atoms with E-state index in [1.807, 2.05) is 34.8 Å². The van der Waals surface area contributed by atoms with Crippen molar-refractivity contribution in [3.8, 4) is 5.75 Å². The molecule has 1 unspecified atom stereocenters. The van der Waals surface area contributed by atoms with E-state index < -0.39 is 0 Å². The molecular weight excluding hydrogens is 338 g/mol. The van der Waals surface area contributed by atoms with E-state index in [1.165, 1.54) is 5.56 Å². The molecule has 2 aliphatic rings. The fourth-order valence-corrected chi connectivity index (χ4v) is 4.90. The van der Waals surface area contributed by atoms with E-state index in [0.29, 0.717) is 17.8 Å². The molecule has 0 radical (unpaired) electrons. The van der Waals surface area contributed by atoms with E-state index in [0.717, 1.165) is 38.2 Å². The zero-order valence-electron chi connectivity index (χ0n) is 16.4.